The van der Waals surface area contributed by atoms with Crippen LogP contribution in [0.15, 0.2) is 62.5 Å². The minimum absolute atomic E-state index is 0.134. The van der Waals surface area contributed by atoms with E-state index >= 15 is 0 Å². The highest BCUT2D eigenvalue weighted by Crippen LogP contribution is 2.21. The number of benzene rings is 2. The van der Waals surface area contributed by atoms with Gasteiger partial charge < -0.3 is 9.73 Å². The third kappa shape index (κ3) is 3.04. The number of amides is 1. The molecule has 4 rings (SSSR count). The molecule has 30 heavy (non-hydrogen) atoms. The zero-order chi connectivity index (χ0) is 21.6. The molecule has 0 radical (unpaired) electrons. The Kier molecular flexibility index (Phi) is 4.66. The number of hydrogen-bond donors (Lipinski definition) is 1. The van der Waals surface area contributed by atoms with Gasteiger partial charge in [0.1, 0.15) is 11.3 Å². The molecule has 0 aliphatic heterocycles. The highest BCUT2D eigenvalue weighted by molar-refractivity contribution is 6.03. The number of carbonyl (C=O) groups excluding carboxylic acids is 1. The molecule has 152 valence electrons. The summed E-state index contributed by atoms with van der Waals surface area (Å²) in [6.45, 7) is 5.48. The second-order valence-electron chi connectivity index (χ2n) is 7.25. The van der Waals surface area contributed by atoms with Crippen molar-refractivity contribution in [1.82, 2.24) is 9.36 Å². The fourth-order valence-corrected chi connectivity index (χ4v) is 3.45. The molecule has 7 nitrogen and oxygen atoms in total. The molecule has 0 aliphatic rings. The van der Waals surface area contributed by atoms with Crippen LogP contribution in [-0.4, -0.2) is 15.3 Å². The number of nitrogens with one attached hydrogen (secondary N) is 1. The maximum absolute atomic E-state index is 13.0. The zero-order valence-corrected chi connectivity index (χ0v) is 17.1. The molecule has 1 amide bonds. The molecule has 0 aliphatic carbocycles. The van der Waals surface area contributed by atoms with Gasteiger partial charge in [-0.2, -0.15) is 0 Å². The molecule has 0 saturated carbocycles. The summed E-state index contributed by atoms with van der Waals surface area (Å²) >= 11 is 0. The first kappa shape index (κ1) is 19.4. The van der Waals surface area contributed by atoms with Crippen molar-refractivity contribution in [2.75, 3.05) is 5.32 Å². The number of anilines is 1. The lowest BCUT2D eigenvalue weighted by Crippen LogP contribution is -2.23. The lowest BCUT2D eigenvalue weighted by molar-refractivity contribution is 0.0997. The Morgan fingerprint density at radius 2 is 1.70 bits per heavy atom. The van der Waals surface area contributed by atoms with Gasteiger partial charge in [-0.3, -0.25) is 19.1 Å². The molecular formula is C23H21N3O4. The molecule has 7 heteroatoms. The Balaban J connectivity index is 1.78. The Morgan fingerprint density at radius 1 is 1.00 bits per heavy atom. The molecule has 0 spiro atoms. The highest BCUT2D eigenvalue weighted by atomic mass is 16.3. The molecule has 2 aromatic carbocycles. The predicted molar refractivity (Wildman–Crippen MR) is 116 cm³/mol. The van der Waals surface area contributed by atoms with Crippen LogP contribution in [0.1, 0.15) is 27.4 Å². The molecular weight excluding hydrogens is 382 g/mol. The number of fused-ring (bicyclic) bond motifs is 1. The molecule has 4 aromatic rings. The number of nitrogens with zero attached hydrogens (tertiary/aromatic N) is 2. The van der Waals surface area contributed by atoms with E-state index in [-0.39, 0.29) is 22.4 Å². The first-order valence-electron chi connectivity index (χ1n) is 9.49. The highest BCUT2D eigenvalue weighted by Gasteiger charge is 2.21. The van der Waals surface area contributed by atoms with Gasteiger partial charge in [-0.25, -0.2) is 4.68 Å². The largest absolute Gasteiger partial charge is 0.450 e. The van der Waals surface area contributed by atoms with Crippen LogP contribution in [0.25, 0.3) is 16.7 Å². The second-order valence-corrected chi connectivity index (χ2v) is 7.25. The Hall–Kier alpha value is -3.87. The Morgan fingerprint density at radius 3 is 2.40 bits per heavy atom. The van der Waals surface area contributed by atoms with E-state index in [2.05, 4.69) is 5.32 Å². The standard InChI is InChI=1S/C23H21N3O4/c1-13-10-11-17-18(27)12-19(30-21(17)14(13)2)22(28)24-20-15(3)25(4)26(23(20)29)16-8-6-5-7-9-16/h5-12H,1-4H3,(H,24,28). The summed E-state index contributed by atoms with van der Waals surface area (Å²) < 4.78 is 8.89. The summed E-state index contributed by atoms with van der Waals surface area (Å²) in [5.41, 5.74) is 2.83. The first-order chi connectivity index (χ1) is 14.3. The van der Waals surface area contributed by atoms with Gasteiger partial charge in [0.15, 0.2) is 11.2 Å². The van der Waals surface area contributed by atoms with Crippen molar-refractivity contribution in [3.8, 4) is 5.69 Å². The van der Waals surface area contributed by atoms with Gasteiger partial charge in [0.25, 0.3) is 11.5 Å². The minimum Gasteiger partial charge on any atom is -0.450 e. The topological polar surface area (TPSA) is 86.2 Å². The second kappa shape index (κ2) is 7.18. The van der Waals surface area contributed by atoms with Crippen molar-refractivity contribution in [3.05, 3.63) is 91.7 Å². The monoisotopic (exact) mass is 403 g/mol. The van der Waals surface area contributed by atoms with Gasteiger partial charge in [0, 0.05) is 13.1 Å². The summed E-state index contributed by atoms with van der Waals surface area (Å²) in [6.07, 6.45) is 0. The third-order valence-corrected chi connectivity index (χ3v) is 5.43. The minimum atomic E-state index is -0.652. The van der Waals surface area contributed by atoms with E-state index in [0.29, 0.717) is 22.4 Å². The SMILES string of the molecule is Cc1ccc2c(=O)cc(C(=O)Nc3c(C)n(C)n(-c4ccccc4)c3=O)oc2c1C. The number of para-hydroxylation sites is 1. The quantitative estimate of drug-likeness (QED) is 0.568. The molecule has 2 heterocycles. The molecule has 2 aromatic heterocycles. The van der Waals surface area contributed by atoms with E-state index in [1.807, 2.05) is 38.1 Å². The van der Waals surface area contributed by atoms with Crippen molar-refractivity contribution >= 4 is 22.6 Å². The molecule has 0 bridgehead atoms. The third-order valence-electron chi connectivity index (χ3n) is 5.43. The van der Waals surface area contributed by atoms with Crippen LogP contribution in [0.2, 0.25) is 0 Å². The summed E-state index contributed by atoms with van der Waals surface area (Å²) in [6, 6.07) is 13.8. The maximum Gasteiger partial charge on any atom is 0.295 e. The Bertz CT molecular complexity index is 1410. The van der Waals surface area contributed by atoms with Gasteiger partial charge in [-0.1, -0.05) is 24.3 Å². The van der Waals surface area contributed by atoms with Gasteiger partial charge in [0.05, 0.1) is 16.8 Å². The van der Waals surface area contributed by atoms with Crippen LogP contribution in [-0.2, 0) is 7.05 Å². The molecule has 0 unspecified atom stereocenters. The van der Waals surface area contributed by atoms with Gasteiger partial charge in [-0.15, -0.1) is 0 Å². The van der Waals surface area contributed by atoms with Crippen molar-refractivity contribution in [1.29, 1.82) is 0 Å². The summed E-state index contributed by atoms with van der Waals surface area (Å²) in [5.74, 6) is -0.795. The van der Waals surface area contributed by atoms with Crippen molar-refractivity contribution in [2.45, 2.75) is 20.8 Å². The van der Waals surface area contributed by atoms with E-state index in [1.54, 1.807) is 36.9 Å². The number of rotatable bonds is 3. The smallest absolute Gasteiger partial charge is 0.295 e. The van der Waals surface area contributed by atoms with Crippen LogP contribution >= 0.6 is 0 Å². The first-order valence-corrected chi connectivity index (χ1v) is 9.49. The molecule has 0 saturated heterocycles. The van der Waals surface area contributed by atoms with Crippen LogP contribution in [0.3, 0.4) is 0 Å². The van der Waals surface area contributed by atoms with E-state index in [9.17, 15) is 14.4 Å². The van der Waals surface area contributed by atoms with Crippen LogP contribution in [0, 0.1) is 20.8 Å². The maximum atomic E-state index is 13.0. The summed E-state index contributed by atoms with van der Waals surface area (Å²) in [4.78, 5) is 38.3. The van der Waals surface area contributed by atoms with E-state index in [0.717, 1.165) is 17.2 Å². The summed E-state index contributed by atoms with van der Waals surface area (Å²) in [5, 5.41) is 3.04. The fraction of sp³-hybridized carbons (Fsp3) is 0.174. The molecule has 0 atom stereocenters. The van der Waals surface area contributed by atoms with Crippen molar-refractivity contribution < 1.29 is 9.21 Å². The number of carbonyl (C=O) groups is 1. The number of aryl methyl sites for hydroxylation is 2. The molecule has 1 N–H and O–H groups in total. The van der Waals surface area contributed by atoms with E-state index < -0.39 is 5.91 Å². The van der Waals surface area contributed by atoms with Gasteiger partial charge >= 0.3 is 0 Å². The van der Waals surface area contributed by atoms with Gasteiger partial charge in [0.2, 0.25) is 0 Å². The van der Waals surface area contributed by atoms with Crippen molar-refractivity contribution in [2.24, 2.45) is 7.05 Å². The summed E-state index contributed by atoms with van der Waals surface area (Å²) in [7, 11) is 1.74. The predicted octanol–water partition coefficient (Wildman–Crippen LogP) is 3.46. The van der Waals surface area contributed by atoms with Crippen LogP contribution in [0.5, 0.6) is 0 Å². The number of aromatic nitrogens is 2. The lowest BCUT2D eigenvalue weighted by atomic mass is 10.1. The molecule has 0 fully saturated rings. The van der Waals surface area contributed by atoms with E-state index in [4.69, 9.17) is 4.42 Å². The normalized spacial score (nSPS) is 11.1. The Labute approximate surface area is 172 Å². The van der Waals surface area contributed by atoms with Crippen LogP contribution < -0.4 is 16.3 Å². The average molecular weight is 403 g/mol. The van der Waals surface area contributed by atoms with Gasteiger partial charge in [-0.05, 0) is 50.1 Å². The van der Waals surface area contributed by atoms with E-state index in [1.165, 1.54) is 4.68 Å². The average Bonchev–Trinajstić information content (AvgIpc) is 2.94. The fourth-order valence-electron chi connectivity index (χ4n) is 3.45. The number of hydrogen-bond acceptors (Lipinski definition) is 4. The van der Waals surface area contributed by atoms with Crippen molar-refractivity contribution in [3.63, 3.8) is 0 Å². The zero-order valence-electron chi connectivity index (χ0n) is 17.1. The lowest BCUT2D eigenvalue weighted by Gasteiger charge is -2.07. The van der Waals surface area contributed by atoms with Crippen LogP contribution in [0.4, 0.5) is 5.69 Å².